The number of aromatic nitrogens is 2. The van der Waals surface area contributed by atoms with Gasteiger partial charge in [-0.25, -0.2) is 18.7 Å². The maximum Gasteiger partial charge on any atom is 0.485 e. The first-order valence-corrected chi connectivity index (χ1v) is 19.1. The molecule has 24 nitrogen and oxygen atoms in total. The summed E-state index contributed by atoms with van der Waals surface area (Å²) >= 11 is 0. The van der Waals surface area contributed by atoms with Crippen LogP contribution in [0.25, 0.3) is 0 Å². The van der Waals surface area contributed by atoms with E-state index in [0.29, 0.717) is 25.7 Å². The van der Waals surface area contributed by atoms with Crippen molar-refractivity contribution in [2.24, 2.45) is 0 Å². The van der Waals surface area contributed by atoms with Gasteiger partial charge in [0.1, 0.15) is 42.7 Å². The summed E-state index contributed by atoms with van der Waals surface area (Å²) in [5, 5.41) is 65.4. The van der Waals surface area contributed by atoms with Crippen molar-refractivity contribution in [1.29, 1.82) is 0 Å². The molecule has 3 heterocycles. The van der Waals surface area contributed by atoms with Crippen molar-refractivity contribution < 1.29 is 86.0 Å². The molecule has 26 heteroatoms. The van der Waals surface area contributed by atoms with E-state index in [1.165, 1.54) is 0 Å². The molecule has 8 unspecified atom stereocenters. The molecule has 2 aliphatic rings. The second-order valence-corrected chi connectivity index (χ2v) is 15.2. The third-order valence-electron chi connectivity index (χ3n) is 7.83. The molecule has 53 heavy (non-hydrogen) atoms. The maximum absolute atomic E-state index is 13.6. The van der Waals surface area contributed by atoms with Gasteiger partial charge < -0.3 is 55.5 Å². The Morgan fingerprint density at radius 1 is 0.925 bits per heavy atom. The minimum absolute atomic E-state index is 0.0584. The van der Waals surface area contributed by atoms with Crippen LogP contribution < -0.4 is 21.9 Å². The van der Waals surface area contributed by atoms with Crippen molar-refractivity contribution >= 4 is 27.6 Å². The van der Waals surface area contributed by atoms with Crippen LogP contribution in [0.2, 0.25) is 0 Å². The number of amides is 2. The van der Waals surface area contributed by atoms with Gasteiger partial charge in [0.25, 0.3) is 5.56 Å². The second kappa shape index (κ2) is 20.9. The molecule has 2 amide bonds. The van der Waals surface area contributed by atoms with Gasteiger partial charge in [-0.1, -0.05) is 6.42 Å². The molecule has 0 saturated carbocycles. The number of H-pyrrole nitrogens is 1. The van der Waals surface area contributed by atoms with E-state index in [9.17, 15) is 53.8 Å². The van der Waals surface area contributed by atoms with Gasteiger partial charge in [-0.05, 0) is 12.8 Å². The lowest BCUT2D eigenvalue weighted by Gasteiger charge is -2.42. The van der Waals surface area contributed by atoms with E-state index in [2.05, 4.69) is 10.6 Å². The highest BCUT2D eigenvalue weighted by Crippen LogP contribution is 2.66. The molecule has 0 aromatic carbocycles. The third kappa shape index (κ3) is 12.7. The van der Waals surface area contributed by atoms with Crippen molar-refractivity contribution in [3.8, 4) is 0 Å². The van der Waals surface area contributed by atoms with Crippen LogP contribution in [0.1, 0.15) is 38.3 Å². The highest BCUT2D eigenvalue weighted by molar-refractivity contribution is 7.62. The number of hydrogen-bond donors (Lipinski definition) is 9. The van der Waals surface area contributed by atoms with Gasteiger partial charge in [-0.3, -0.25) is 37.2 Å². The Balaban J connectivity index is 1.62. The Morgan fingerprint density at radius 3 is 2.26 bits per heavy atom. The molecule has 2 aliphatic heterocycles. The molecule has 1 aromatic heterocycles. The normalized spacial score (nSPS) is 29.5. The average molecular weight is 809 g/mol. The number of nitrogens with zero attached hydrogens (tertiary/aromatic N) is 1. The number of carbonyl (C=O) groups is 2. The van der Waals surface area contributed by atoms with Crippen molar-refractivity contribution in [1.82, 2.24) is 20.2 Å². The molecule has 0 radical (unpaired) electrons. The Morgan fingerprint density at radius 2 is 1.62 bits per heavy atom. The zero-order valence-electron chi connectivity index (χ0n) is 28.7. The van der Waals surface area contributed by atoms with E-state index in [4.69, 9.17) is 41.7 Å². The van der Waals surface area contributed by atoms with Crippen LogP contribution in [0.15, 0.2) is 21.9 Å². The van der Waals surface area contributed by atoms with Gasteiger partial charge in [-0.15, -0.1) is 0 Å². The summed E-state index contributed by atoms with van der Waals surface area (Å²) in [6.07, 6.45) is -11.9. The summed E-state index contributed by atoms with van der Waals surface area (Å²) in [5.74, 6) is -0.684. The summed E-state index contributed by atoms with van der Waals surface area (Å²) in [6.45, 7) is -1.56. The van der Waals surface area contributed by atoms with Crippen molar-refractivity contribution in [3.05, 3.63) is 33.1 Å². The van der Waals surface area contributed by atoms with E-state index in [0.717, 1.165) is 31.0 Å². The molecule has 0 bridgehead atoms. The minimum atomic E-state index is -5.13. The summed E-state index contributed by atoms with van der Waals surface area (Å²) in [7, 11) is -8.53. The number of hydrogen-bond acceptors (Lipinski definition) is 20. The number of ether oxygens (including phenoxy) is 3. The molecule has 0 spiro atoms. The van der Waals surface area contributed by atoms with E-state index in [1.54, 1.807) is 0 Å². The summed E-state index contributed by atoms with van der Waals surface area (Å²) < 4.78 is 68.6. The second-order valence-electron chi connectivity index (χ2n) is 11.6. The molecular formula is C27H46N4O20P2. The van der Waals surface area contributed by atoms with Gasteiger partial charge in [0.2, 0.25) is 5.91 Å². The molecule has 1 aromatic rings. The van der Waals surface area contributed by atoms with Gasteiger partial charge in [-0.2, -0.15) is 4.31 Å². The van der Waals surface area contributed by atoms with E-state index < -0.39 is 107 Å². The fourth-order valence-electron chi connectivity index (χ4n) is 4.99. The Kier molecular flexibility index (Phi) is 17.6. The summed E-state index contributed by atoms with van der Waals surface area (Å²) in [6, 6.07) is -0.702. The highest BCUT2D eigenvalue weighted by Gasteiger charge is 2.51. The van der Waals surface area contributed by atoms with Gasteiger partial charge >= 0.3 is 27.4 Å². The molecule has 3 rings (SSSR count). The molecule has 2 saturated heterocycles. The number of phosphoric ester groups is 2. The predicted molar refractivity (Wildman–Crippen MR) is 174 cm³/mol. The monoisotopic (exact) mass is 808 g/mol. The van der Waals surface area contributed by atoms with E-state index in [-0.39, 0.29) is 26.2 Å². The van der Waals surface area contributed by atoms with Crippen molar-refractivity contribution in [2.45, 2.75) is 87.3 Å². The first kappa shape index (κ1) is 44.8. The van der Waals surface area contributed by atoms with Crippen molar-refractivity contribution in [2.75, 3.05) is 47.2 Å². The fraction of sp³-hybridized carbons (Fsp3) is 0.778. The highest BCUT2D eigenvalue weighted by atomic mass is 31.3. The number of carbonyl (C=O) groups excluding carboxylic acids is 2. The molecule has 2 fully saturated rings. The smallest absolute Gasteiger partial charge is 0.449 e. The first-order valence-electron chi connectivity index (χ1n) is 16.2. The molecule has 304 valence electrons. The van der Waals surface area contributed by atoms with Crippen LogP contribution in [-0.4, -0.2) is 148 Å². The first-order chi connectivity index (χ1) is 25.1. The average Bonchev–Trinajstić information content (AvgIpc) is 3.40. The third-order valence-corrected chi connectivity index (χ3v) is 11.3. The zero-order chi connectivity index (χ0) is 39.3. The largest absolute Gasteiger partial charge is 0.485 e. The number of aliphatic hydroxyl groups is 6. The lowest BCUT2D eigenvalue weighted by molar-refractivity contribution is -0.248. The topological polar surface area (TPSA) is 342 Å². The standard InChI is InChI=1S/C27H46N4O20P2/c1-44-52(42,47-14-16-21(37)23(39)24(48-16)31-10-8-18(35)30-26(31)40)51-53(43,45-2)50-25-19(22(38)20(36)15(13-33)49-25)29-17(34)7-4-3-5-9-28-27(41)46-12-6-11-32/h8,10,15-16,19-25,32-33,36-39H,3-7,9,11-14H2,1-2H3,(H,28,41)(H,29,34)(H,30,35,40)/t15?,16?,19?,20-,21?,22+,23?,24?,25-,52?,53?/m0/s1. The minimum Gasteiger partial charge on any atom is -0.449 e. The summed E-state index contributed by atoms with van der Waals surface area (Å²) in [4.78, 5) is 49.8. The van der Waals surface area contributed by atoms with Gasteiger partial charge in [0.15, 0.2) is 12.5 Å². The predicted octanol–water partition coefficient (Wildman–Crippen LogP) is -2.69. The molecule has 0 aliphatic carbocycles. The zero-order valence-corrected chi connectivity index (χ0v) is 30.5. The number of unbranched alkanes of at least 4 members (excludes halogenated alkanes) is 2. The fourth-order valence-corrected chi connectivity index (χ4v) is 7.80. The van der Waals surface area contributed by atoms with Crippen molar-refractivity contribution in [3.63, 3.8) is 0 Å². The number of phosphoric acid groups is 2. The summed E-state index contributed by atoms with van der Waals surface area (Å²) in [5.41, 5.74) is -1.71. The van der Waals surface area contributed by atoms with Gasteiger partial charge in [0, 0.05) is 52.5 Å². The number of aromatic amines is 1. The Labute approximate surface area is 301 Å². The number of rotatable bonds is 21. The number of aliphatic hydroxyl groups excluding tert-OH is 6. The number of nitrogens with one attached hydrogen (secondary N) is 3. The van der Waals surface area contributed by atoms with Crippen LogP contribution in [0.4, 0.5) is 4.79 Å². The van der Waals surface area contributed by atoms with Crippen LogP contribution in [0.5, 0.6) is 0 Å². The lowest BCUT2D eigenvalue weighted by Crippen LogP contribution is -2.64. The Hall–Kier alpha value is -2.64. The molecular weight excluding hydrogens is 762 g/mol. The van der Waals surface area contributed by atoms with E-state index >= 15 is 0 Å². The molecule has 11 atom stereocenters. The SMILES string of the molecule is COP(=O)(OCC1OC(n2ccc(=O)[nH]c2=O)C(O)C1O)OP(=O)(OC)O[C@@H]1OC(CO)[C@H](O)[C@H](O)C1NC(=O)CCCCCNC(=O)OCCCO. The molecule has 9 N–H and O–H groups in total. The van der Waals surface area contributed by atoms with Gasteiger partial charge in [0.05, 0.1) is 19.8 Å². The lowest BCUT2D eigenvalue weighted by atomic mass is 9.97. The van der Waals surface area contributed by atoms with E-state index in [1.807, 2.05) is 4.98 Å². The van der Waals surface area contributed by atoms with Crippen LogP contribution in [0.3, 0.4) is 0 Å². The maximum atomic E-state index is 13.6. The van der Waals surface area contributed by atoms with Crippen LogP contribution in [0, 0.1) is 0 Å². The van der Waals surface area contributed by atoms with Crippen LogP contribution in [-0.2, 0) is 50.5 Å². The quantitative estimate of drug-likeness (QED) is 0.0451. The number of alkyl carbamates (subject to hydrolysis) is 1. The van der Waals surface area contributed by atoms with Crippen LogP contribution >= 0.6 is 15.6 Å². The Bertz CT molecular complexity index is 1550.